The molecule has 1 N–H and O–H groups in total. The van der Waals surface area contributed by atoms with Crippen molar-refractivity contribution in [1.82, 2.24) is 4.57 Å². The van der Waals surface area contributed by atoms with E-state index in [0.717, 1.165) is 30.3 Å². The number of allylic oxidation sites excluding steroid dienone is 2. The number of halogens is 5. The number of carboxylic acid groups (broad SMARTS) is 1. The summed E-state index contributed by atoms with van der Waals surface area (Å²) in [6, 6.07) is 11.4. The molecule has 0 radical (unpaired) electrons. The monoisotopic (exact) mass is 489 g/mol. The van der Waals surface area contributed by atoms with Gasteiger partial charge in [0.2, 0.25) is 0 Å². The number of rotatable bonds is 6. The number of aryl methyl sites for hydroxylation is 1. The molecule has 0 aliphatic heterocycles. The molecule has 0 fully saturated rings. The minimum atomic E-state index is -4.85. The zero-order valence-corrected chi connectivity index (χ0v) is 18.4. The van der Waals surface area contributed by atoms with Gasteiger partial charge >= 0.3 is 12.1 Å². The predicted octanol–water partition coefficient (Wildman–Crippen LogP) is 6.49. The van der Waals surface area contributed by atoms with Crippen molar-refractivity contribution in [1.29, 1.82) is 0 Å². The van der Waals surface area contributed by atoms with Gasteiger partial charge in [-0.1, -0.05) is 30.4 Å². The Bertz CT molecular complexity index is 1310. The smallest absolute Gasteiger partial charge is 0.422 e. The van der Waals surface area contributed by atoms with E-state index in [1.807, 2.05) is 0 Å². The van der Waals surface area contributed by atoms with E-state index < -0.39 is 47.5 Å². The van der Waals surface area contributed by atoms with Crippen molar-refractivity contribution < 1.29 is 36.6 Å². The van der Waals surface area contributed by atoms with Crippen molar-refractivity contribution in [3.63, 3.8) is 0 Å². The summed E-state index contributed by atoms with van der Waals surface area (Å²) in [5.41, 5.74) is -2.14. The van der Waals surface area contributed by atoms with Gasteiger partial charge in [0.15, 0.2) is 5.60 Å². The first-order valence-corrected chi connectivity index (χ1v) is 10.6. The molecular formula is C26H20F5NO3. The van der Waals surface area contributed by atoms with Crippen LogP contribution in [0, 0.1) is 18.6 Å². The quantitative estimate of drug-likeness (QED) is 0.403. The SMILES string of the molecule is Cc1ccc(C2C=CC=CC2(OCc2ccc(F)cc2)C(F)(F)F)n1-c1ccc(F)c(C(=O)O)c1. The van der Waals surface area contributed by atoms with Crippen LogP contribution in [0.1, 0.15) is 33.2 Å². The molecule has 9 heteroatoms. The molecule has 3 aromatic rings. The van der Waals surface area contributed by atoms with Gasteiger partial charge < -0.3 is 14.4 Å². The van der Waals surface area contributed by atoms with Gasteiger partial charge in [-0.05, 0) is 61.0 Å². The first kappa shape index (κ1) is 24.4. The molecule has 1 aliphatic carbocycles. The van der Waals surface area contributed by atoms with Crippen LogP contribution in [0.15, 0.2) is 78.9 Å². The standard InChI is InChI=1S/C26H20F5NO3/c1-16-5-12-23(32(16)19-10-11-22(28)20(14-19)24(33)34)21-4-2-3-13-25(21,26(29,30)31)35-15-17-6-8-18(27)9-7-17/h2-14,21H,15H2,1H3,(H,33,34). The van der Waals surface area contributed by atoms with E-state index in [0.29, 0.717) is 11.3 Å². The molecule has 2 atom stereocenters. The van der Waals surface area contributed by atoms with E-state index in [1.165, 1.54) is 47.1 Å². The van der Waals surface area contributed by atoms with Crippen molar-refractivity contribution >= 4 is 5.97 Å². The molecule has 0 saturated heterocycles. The second kappa shape index (κ2) is 9.14. The largest absolute Gasteiger partial charge is 0.478 e. The van der Waals surface area contributed by atoms with Gasteiger partial charge in [0.25, 0.3) is 0 Å². The zero-order chi connectivity index (χ0) is 25.4. The maximum atomic E-state index is 14.7. The number of hydrogen-bond acceptors (Lipinski definition) is 2. The number of carbonyl (C=O) groups is 1. The highest BCUT2D eigenvalue weighted by molar-refractivity contribution is 5.88. The van der Waals surface area contributed by atoms with E-state index in [9.17, 15) is 31.9 Å². The third-order valence-corrected chi connectivity index (χ3v) is 5.92. The molecule has 0 saturated carbocycles. The van der Waals surface area contributed by atoms with Crippen molar-refractivity contribution in [2.75, 3.05) is 0 Å². The Morgan fingerprint density at radius 3 is 2.43 bits per heavy atom. The first-order valence-electron chi connectivity index (χ1n) is 10.6. The van der Waals surface area contributed by atoms with Gasteiger partial charge in [0.05, 0.1) is 18.1 Å². The highest BCUT2D eigenvalue weighted by Gasteiger charge is 2.60. The molecule has 4 nitrogen and oxygen atoms in total. The molecule has 35 heavy (non-hydrogen) atoms. The third-order valence-electron chi connectivity index (χ3n) is 5.92. The third kappa shape index (κ3) is 4.51. The van der Waals surface area contributed by atoms with Crippen LogP contribution in [-0.2, 0) is 11.3 Å². The zero-order valence-electron chi connectivity index (χ0n) is 18.4. The highest BCUT2D eigenvalue weighted by Crippen LogP contribution is 2.49. The van der Waals surface area contributed by atoms with Gasteiger partial charge in [-0.3, -0.25) is 0 Å². The summed E-state index contributed by atoms with van der Waals surface area (Å²) in [5, 5.41) is 9.30. The van der Waals surface area contributed by atoms with Crippen LogP contribution < -0.4 is 0 Å². The number of aromatic nitrogens is 1. The number of benzene rings is 2. The van der Waals surface area contributed by atoms with Crippen LogP contribution >= 0.6 is 0 Å². The fraction of sp³-hybridized carbons (Fsp3) is 0.192. The van der Waals surface area contributed by atoms with E-state index >= 15 is 0 Å². The summed E-state index contributed by atoms with van der Waals surface area (Å²) in [6.07, 6.45) is 0.147. The Morgan fingerprint density at radius 1 is 1.06 bits per heavy atom. The van der Waals surface area contributed by atoms with E-state index in [4.69, 9.17) is 4.74 Å². The summed E-state index contributed by atoms with van der Waals surface area (Å²) in [6.45, 7) is 1.21. The number of alkyl halides is 3. The lowest BCUT2D eigenvalue weighted by Crippen LogP contribution is -2.51. The number of hydrogen-bond donors (Lipinski definition) is 1. The van der Waals surface area contributed by atoms with Gasteiger partial charge in [0.1, 0.15) is 11.6 Å². The van der Waals surface area contributed by atoms with Crippen LogP contribution in [-0.4, -0.2) is 27.4 Å². The summed E-state index contributed by atoms with van der Waals surface area (Å²) in [5.74, 6) is -4.34. The van der Waals surface area contributed by atoms with Gasteiger partial charge in [0, 0.05) is 17.1 Å². The Hall–Kier alpha value is -3.72. The van der Waals surface area contributed by atoms with Gasteiger partial charge in [-0.25, -0.2) is 13.6 Å². The first-order chi connectivity index (χ1) is 16.5. The lowest BCUT2D eigenvalue weighted by atomic mass is 9.80. The Labute approximate surface area is 197 Å². The molecule has 1 heterocycles. The van der Waals surface area contributed by atoms with Crippen molar-refractivity contribution in [3.05, 3.63) is 113 Å². The van der Waals surface area contributed by atoms with E-state index in [-0.39, 0.29) is 11.4 Å². The minimum Gasteiger partial charge on any atom is -0.478 e. The maximum Gasteiger partial charge on any atom is 0.422 e. The van der Waals surface area contributed by atoms with E-state index in [2.05, 4.69) is 0 Å². The van der Waals surface area contributed by atoms with Crippen molar-refractivity contribution in [2.45, 2.75) is 31.2 Å². The minimum absolute atomic E-state index is 0.169. The molecule has 0 bridgehead atoms. The summed E-state index contributed by atoms with van der Waals surface area (Å²) >= 11 is 0. The summed E-state index contributed by atoms with van der Waals surface area (Å²) in [7, 11) is 0. The Balaban J connectivity index is 1.81. The normalized spacial score (nSPS) is 19.8. The topological polar surface area (TPSA) is 51.5 Å². The molecule has 0 spiro atoms. The molecule has 1 aliphatic rings. The fourth-order valence-corrected chi connectivity index (χ4v) is 4.18. The fourth-order valence-electron chi connectivity index (χ4n) is 4.18. The van der Waals surface area contributed by atoms with Crippen molar-refractivity contribution in [2.24, 2.45) is 0 Å². The van der Waals surface area contributed by atoms with E-state index in [1.54, 1.807) is 13.0 Å². The molecule has 4 rings (SSSR count). The number of nitrogens with zero attached hydrogens (tertiary/aromatic N) is 1. The van der Waals surface area contributed by atoms with Gasteiger partial charge in [-0.2, -0.15) is 13.2 Å². The lowest BCUT2D eigenvalue weighted by molar-refractivity contribution is -0.266. The molecular weight excluding hydrogens is 469 g/mol. The second-order valence-corrected chi connectivity index (χ2v) is 8.13. The number of carboxylic acids is 1. The van der Waals surface area contributed by atoms with Crippen LogP contribution in [0.25, 0.3) is 5.69 Å². The Kier molecular flexibility index (Phi) is 6.38. The highest BCUT2D eigenvalue weighted by atomic mass is 19.4. The van der Waals surface area contributed by atoms with Crippen LogP contribution in [0.3, 0.4) is 0 Å². The molecule has 2 unspecified atom stereocenters. The van der Waals surface area contributed by atoms with Crippen LogP contribution in [0.2, 0.25) is 0 Å². The number of aromatic carboxylic acids is 1. The second-order valence-electron chi connectivity index (χ2n) is 8.13. The molecule has 0 amide bonds. The molecule has 2 aromatic carbocycles. The average molecular weight is 489 g/mol. The molecule has 182 valence electrons. The number of ether oxygens (including phenoxy) is 1. The van der Waals surface area contributed by atoms with Crippen LogP contribution in [0.5, 0.6) is 0 Å². The average Bonchev–Trinajstić information content (AvgIpc) is 3.19. The lowest BCUT2D eigenvalue weighted by Gasteiger charge is -2.40. The maximum absolute atomic E-state index is 14.7. The van der Waals surface area contributed by atoms with Gasteiger partial charge in [-0.15, -0.1) is 0 Å². The van der Waals surface area contributed by atoms with Crippen LogP contribution in [0.4, 0.5) is 22.0 Å². The summed E-state index contributed by atoms with van der Waals surface area (Å²) < 4.78 is 78.2. The summed E-state index contributed by atoms with van der Waals surface area (Å²) in [4.78, 5) is 11.4. The molecule has 1 aromatic heterocycles. The predicted molar refractivity (Wildman–Crippen MR) is 118 cm³/mol. The Morgan fingerprint density at radius 2 is 1.77 bits per heavy atom. The van der Waals surface area contributed by atoms with Crippen molar-refractivity contribution in [3.8, 4) is 5.69 Å².